The van der Waals surface area contributed by atoms with E-state index in [0.29, 0.717) is 25.7 Å². The summed E-state index contributed by atoms with van der Waals surface area (Å²) in [6.45, 7) is 8.87. The maximum atomic E-state index is 12.4. The van der Waals surface area contributed by atoms with Gasteiger partial charge in [-0.2, -0.15) is 0 Å². The van der Waals surface area contributed by atoms with Gasteiger partial charge in [0, 0.05) is 13.7 Å². The molecule has 6 heteroatoms. The molecule has 0 radical (unpaired) electrons. The van der Waals surface area contributed by atoms with Gasteiger partial charge in [0.05, 0.1) is 31.4 Å². The van der Waals surface area contributed by atoms with Gasteiger partial charge in [0.25, 0.3) is 0 Å². The summed E-state index contributed by atoms with van der Waals surface area (Å²) in [6, 6.07) is 16.8. The van der Waals surface area contributed by atoms with Gasteiger partial charge in [0.15, 0.2) is 0 Å². The highest BCUT2D eigenvalue weighted by Crippen LogP contribution is 2.38. The van der Waals surface area contributed by atoms with Crippen molar-refractivity contribution in [3.05, 3.63) is 59.7 Å². The Bertz CT molecular complexity index is 918. The zero-order valence-electron chi connectivity index (χ0n) is 20.0. The van der Waals surface area contributed by atoms with Crippen LogP contribution in [0.2, 0.25) is 0 Å². The largest absolute Gasteiger partial charge is 0.465 e. The van der Waals surface area contributed by atoms with Crippen LogP contribution in [0.25, 0.3) is 11.1 Å². The van der Waals surface area contributed by atoms with Crippen LogP contribution in [-0.4, -0.2) is 67.0 Å². The van der Waals surface area contributed by atoms with Crippen LogP contribution < -0.4 is 0 Å². The molecule has 5 rings (SSSR count). The summed E-state index contributed by atoms with van der Waals surface area (Å²) >= 11 is 0. The van der Waals surface area contributed by atoms with Crippen LogP contribution in [0.5, 0.6) is 0 Å². The lowest BCUT2D eigenvalue weighted by Gasteiger charge is -2.52. The number of carbonyl (C=O) groups is 1. The predicted molar refractivity (Wildman–Crippen MR) is 129 cm³/mol. The third kappa shape index (κ3) is 5.24. The van der Waals surface area contributed by atoms with E-state index in [-0.39, 0.29) is 6.04 Å². The maximum Gasteiger partial charge on any atom is 0.408 e. The number of rotatable bonds is 9. The van der Waals surface area contributed by atoms with Gasteiger partial charge in [-0.1, -0.05) is 48.5 Å². The zero-order chi connectivity index (χ0) is 23.4. The second kappa shape index (κ2) is 10.2. The van der Waals surface area contributed by atoms with E-state index in [2.05, 4.69) is 53.4 Å². The first-order chi connectivity index (χ1) is 15.9. The number of hydrogen-bond donors (Lipinski definition) is 1. The molecule has 6 nitrogen and oxygen atoms in total. The second-order valence-electron chi connectivity index (χ2n) is 9.74. The van der Waals surface area contributed by atoms with Gasteiger partial charge >= 0.3 is 6.09 Å². The molecule has 3 saturated heterocycles. The first-order valence-electron chi connectivity index (χ1n) is 11.9. The molecule has 0 aromatic heterocycles. The van der Waals surface area contributed by atoms with Crippen LogP contribution >= 0.6 is 0 Å². The average Bonchev–Trinajstić information content (AvgIpc) is 2.83. The lowest BCUT2D eigenvalue weighted by Crippen LogP contribution is -2.62. The fraction of sp³-hybridized carbons (Fsp3) is 0.519. The van der Waals surface area contributed by atoms with E-state index in [9.17, 15) is 9.90 Å². The number of nitrogens with zero attached hydrogens (tertiary/aromatic N) is 2. The summed E-state index contributed by atoms with van der Waals surface area (Å²) in [7, 11) is 1.67. The van der Waals surface area contributed by atoms with Gasteiger partial charge in [-0.3, -0.25) is 4.90 Å². The van der Waals surface area contributed by atoms with Gasteiger partial charge in [-0.05, 0) is 68.0 Å². The van der Waals surface area contributed by atoms with Gasteiger partial charge in [-0.25, -0.2) is 4.79 Å². The molecule has 1 amide bonds. The smallest absolute Gasteiger partial charge is 0.408 e. The molecule has 33 heavy (non-hydrogen) atoms. The van der Waals surface area contributed by atoms with Crippen LogP contribution in [0, 0.1) is 5.92 Å². The van der Waals surface area contributed by atoms with Crippen molar-refractivity contribution in [2.45, 2.75) is 44.9 Å². The minimum absolute atomic E-state index is 0.0540. The number of hydrogen-bond acceptors (Lipinski definition) is 4. The molecule has 1 atom stereocenters. The Morgan fingerprint density at radius 2 is 1.64 bits per heavy atom. The highest BCUT2D eigenvalue weighted by atomic mass is 16.5. The van der Waals surface area contributed by atoms with Crippen LogP contribution in [0.15, 0.2) is 48.5 Å². The van der Waals surface area contributed by atoms with E-state index in [0.717, 1.165) is 54.7 Å². The first kappa shape index (κ1) is 23.7. The Kier molecular flexibility index (Phi) is 7.37. The lowest BCUT2D eigenvalue weighted by atomic mass is 9.80. The van der Waals surface area contributed by atoms with Crippen molar-refractivity contribution >= 4 is 6.09 Å². The SMILES string of the molecule is COCCOCc1ccc(-c2ccc(C(C)(C)N(C(=O)O)C3CN4CCC3CC4)cc2)cc1. The lowest BCUT2D eigenvalue weighted by molar-refractivity contribution is -0.0289. The van der Waals surface area contributed by atoms with Crippen molar-refractivity contribution in [1.82, 2.24) is 9.80 Å². The Labute approximate surface area is 197 Å². The van der Waals surface area contributed by atoms with Crippen LogP contribution in [0.3, 0.4) is 0 Å². The minimum Gasteiger partial charge on any atom is -0.465 e. The van der Waals surface area contributed by atoms with Crippen molar-refractivity contribution in [3.63, 3.8) is 0 Å². The number of carboxylic acid groups (broad SMARTS) is 1. The molecule has 3 aliphatic rings. The Morgan fingerprint density at radius 1 is 1.03 bits per heavy atom. The summed E-state index contributed by atoms with van der Waals surface area (Å²) < 4.78 is 10.6. The summed E-state index contributed by atoms with van der Waals surface area (Å²) in [5.41, 5.74) is 3.80. The van der Waals surface area contributed by atoms with Crippen LogP contribution in [0.1, 0.15) is 37.8 Å². The third-order valence-electron chi connectivity index (χ3n) is 7.34. The summed E-state index contributed by atoms with van der Waals surface area (Å²) in [4.78, 5) is 16.5. The highest BCUT2D eigenvalue weighted by Gasteiger charge is 2.45. The number of ether oxygens (including phenoxy) is 2. The standard InChI is InChI=1S/C27H36N2O4/c1-27(2,29(26(30)31)25-18-28-14-12-23(25)13-15-28)24-10-8-22(9-11-24)21-6-4-20(5-7-21)19-33-17-16-32-3/h4-11,23,25H,12-19H2,1-3H3,(H,30,31). The first-order valence-corrected chi connectivity index (χ1v) is 11.9. The molecular weight excluding hydrogens is 416 g/mol. The van der Waals surface area contributed by atoms with Gasteiger partial charge < -0.3 is 19.5 Å². The topological polar surface area (TPSA) is 62.2 Å². The maximum absolute atomic E-state index is 12.4. The van der Waals surface area contributed by atoms with Crippen LogP contribution in [-0.2, 0) is 21.6 Å². The van der Waals surface area contributed by atoms with E-state index in [4.69, 9.17) is 9.47 Å². The molecule has 3 heterocycles. The van der Waals surface area contributed by atoms with Crippen LogP contribution in [0.4, 0.5) is 4.79 Å². The molecule has 2 aromatic rings. The van der Waals surface area contributed by atoms with E-state index in [1.54, 1.807) is 12.0 Å². The number of piperidine rings is 3. The highest BCUT2D eigenvalue weighted by molar-refractivity contribution is 5.68. The molecule has 1 unspecified atom stereocenters. The Balaban J connectivity index is 1.47. The fourth-order valence-corrected chi connectivity index (χ4v) is 5.36. The number of benzene rings is 2. The molecule has 0 saturated carbocycles. The summed E-state index contributed by atoms with van der Waals surface area (Å²) in [5, 5.41) is 10.2. The summed E-state index contributed by atoms with van der Waals surface area (Å²) in [5.74, 6) is 0.460. The number of methoxy groups -OCH3 is 1. The van der Waals surface area contributed by atoms with Crippen molar-refractivity contribution in [3.8, 4) is 11.1 Å². The number of fused-ring (bicyclic) bond motifs is 3. The normalized spacial score (nSPS) is 22.3. The third-order valence-corrected chi connectivity index (χ3v) is 7.34. The summed E-state index contributed by atoms with van der Waals surface area (Å²) in [6.07, 6.45) is 1.36. The predicted octanol–water partition coefficient (Wildman–Crippen LogP) is 4.83. The Hall–Kier alpha value is -2.41. The molecule has 0 spiro atoms. The quantitative estimate of drug-likeness (QED) is 0.553. The molecule has 3 aliphatic heterocycles. The van der Waals surface area contributed by atoms with Crippen molar-refractivity contribution in [2.75, 3.05) is 40.0 Å². The van der Waals surface area contributed by atoms with Crippen molar-refractivity contribution < 1.29 is 19.4 Å². The van der Waals surface area contributed by atoms with Gasteiger partial charge in [0.2, 0.25) is 0 Å². The Morgan fingerprint density at radius 3 is 2.15 bits per heavy atom. The minimum atomic E-state index is -0.828. The monoisotopic (exact) mass is 452 g/mol. The average molecular weight is 453 g/mol. The molecule has 2 aromatic carbocycles. The van der Waals surface area contributed by atoms with Crippen molar-refractivity contribution in [2.24, 2.45) is 5.92 Å². The zero-order valence-corrected chi connectivity index (χ0v) is 20.0. The molecule has 178 valence electrons. The second-order valence-corrected chi connectivity index (χ2v) is 9.74. The fourth-order valence-electron chi connectivity index (χ4n) is 5.36. The van der Waals surface area contributed by atoms with Gasteiger partial charge in [0.1, 0.15) is 0 Å². The molecule has 0 aliphatic carbocycles. The van der Waals surface area contributed by atoms with E-state index in [1.165, 1.54) is 0 Å². The van der Waals surface area contributed by atoms with Crippen molar-refractivity contribution in [1.29, 1.82) is 0 Å². The van der Waals surface area contributed by atoms with E-state index in [1.807, 2.05) is 13.8 Å². The molecular formula is C27H36N2O4. The number of amides is 1. The molecule has 3 fully saturated rings. The molecule has 2 bridgehead atoms. The molecule has 1 N–H and O–H groups in total. The van der Waals surface area contributed by atoms with E-state index >= 15 is 0 Å². The van der Waals surface area contributed by atoms with Gasteiger partial charge in [-0.15, -0.1) is 0 Å². The van der Waals surface area contributed by atoms with E-state index < -0.39 is 11.6 Å².